The number of likely N-dealkylation sites (N-methyl/N-ethyl adjacent to an activating group) is 1. The fourth-order valence-electron chi connectivity index (χ4n) is 1.03. The normalized spacial score (nSPS) is 13.2. The lowest BCUT2D eigenvalue weighted by Gasteiger charge is -2.17. The first-order chi connectivity index (χ1) is 5.85. The van der Waals surface area contributed by atoms with Gasteiger partial charge in [0.05, 0.1) is 6.17 Å². The zero-order valence-electron chi connectivity index (χ0n) is 8.19. The van der Waals surface area contributed by atoms with Crippen LogP contribution in [-0.2, 0) is 0 Å². The number of nitrogens with two attached hydrogens (primary N) is 1. The summed E-state index contributed by atoms with van der Waals surface area (Å²) in [5.74, 6) is 0. The van der Waals surface area contributed by atoms with Crippen LogP contribution in [0.1, 0.15) is 13.3 Å². The van der Waals surface area contributed by atoms with Gasteiger partial charge in [-0.15, -0.1) is 0 Å². The molecule has 0 aromatic heterocycles. The van der Waals surface area contributed by atoms with Gasteiger partial charge in [-0.25, -0.2) is 0 Å². The minimum atomic E-state index is 0.270. The third kappa shape index (κ3) is 6.54. The van der Waals surface area contributed by atoms with Crippen LogP contribution in [0.25, 0.3) is 0 Å². The maximum atomic E-state index is 5.53. The Hall–Kier alpha value is -0.160. The zero-order valence-corrected chi connectivity index (χ0v) is 8.19. The van der Waals surface area contributed by atoms with Gasteiger partial charge >= 0.3 is 0 Å². The molecular weight excluding hydrogens is 152 g/mol. The SMILES string of the molecule is CCNC(CN)NCCCNC. The fraction of sp³-hybridized carbons (Fsp3) is 1.00. The van der Waals surface area contributed by atoms with E-state index >= 15 is 0 Å². The highest BCUT2D eigenvalue weighted by molar-refractivity contribution is 4.63. The van der Waals surface area contributed by atoms with Crippen molar-refractivity contribution < 1.29 is 0 Å². The first kappa shape index (κ1) is 11.8. The lowest BCUT2D eigenvalue weighted by molar-refractivity contribution is 0.436. The van der Waals surface area contributed by atoms with E-state index in [0.29, 0.717) is 6.54 Å². The number of hydrogen-bond donors (Lipinski definition) is 4. The van der Waals surface area contributed by atoms with Gasteiger partial charge in [0.2, 0.25) is 0 Å². The summed E-state index contributed by atoms with van der Waals surface area (Å²) in [6.07, 6.45) is 1.41. The van der Waals surface area contributed by atoms with Crippen LogP contribution in [0.3, 0.4) is 0 Å². The van der Waals surface area contributed by atoms with Crippen LogP contribution in [0.5, 0.6) is 0 Å². The van der Waals surface area contributed by atoms with Gasteiger partial charge < -0.3 is 21.7 Å². The van der Waals surface area contributed by atoms with Gasteiger partial charge in [0, 0.05) is 6.54 Å². The average molecular weight is 174 g/mol. The van der Waals surface area contributed by atoms with Crippen molar-refractivity contribution >= 4 is 0 Å². The van der Waals surface area contributed by atoms with Crippen LogP contribution in [0.15, 0.2) is 0 Å². The highest BCUT2D eigenvalue weighted by Gasteiger charge is 2.00. The molecule has 1 unspecified atom stereocenters. The number of nitrogens with one attached hydrogen (secondary N) is 3. The summed E-state index contributed by atoms with van der Waals surface area (Å²) in [7, 11) is 1.96. The first-order valence-corrected chi connectivity index (χ1v) is 4.66. The molecule has 0 aliphatic rings. The Kier molecular flexibility index (Phi) is 8.81. The molecule has 0 amide bonds. The van der Waals surface area contributed by atoms with Gasteiger partial charge in [0.15, 0.2) is 0 Å². The Morgan fingerprint density at radius 3 is 2.50 bits per heavy atom. The van der Waals surface area contributed by atoms with Crippen LogP contribution >= 0.6 is 0 Å². The van der Waals surface area contributed by atoms with E-state index in [4.69, 9.17) is 5.73 Å². The van der Waals surface area contributed by atoms with Crippen molar-refractivity contribution in [2.24, 2.45) is 5.73 Å². The second kappa shape index (κ2) is 8.93. The minimum Gasteiger partial charge on any atom is -0.328 e. The molecule has 4 heteroatoms. The third-order valence-electron chi connectivity index (χ3n) is 1.68. The second-order valence-corrected chi connectivity index (χ2v) is 2.76. The molecule has 74 valence electrons. The maximum Gasteiger partial charge on any atom is 0.0698 e. The monoisotopic (exact) mass is 174 g/mol. The molecule has 4 nitrogen and oxygen atoms in total. The molecule has 0 spiro atoms. The summed E-state index contributed by atoms with van der Waals surface area (Å²) >= 11 is 0. The molecule has 0 aliphatic carbocycles. The highest BCUT2D eigenvalue weighted by Crippen LogP contribution is 1.76. The van der Waals surface area contributed by atoms with E-state index in [1.165, 1.54) is 0 Å². The summed E-state index contributed by atoms with van der Waals surface area (Å²) < 4.78 is 0. The smallest absolute Gasteiger partial charge is 0.0698 e. The molecule has 0 saturated carbocycles. The first-order valence-electron chi connectivity index (χ1n) is 4.66. The Balaban J connectivity index is 3.19. The van der Waals surface area contributed by atoms with E-state index in [-0.39, 0.29) is 6.17 Å². The minimum absolute atomic E-state index is 0.270. The molecule has 0 fully saturated rings. The number of hydrogen-bond acceptors (Lipinski definition) is 4. The van der Waals surface area contributed by atoms with Crippen LogP contribution < -0.4 is 21.7 Å². The standard InChI is InChI=1S/C8H22N4/c1-3-11-8(7-9)12-6-4-5-10-2/h8,10-12H,3-7,9H2,1-2H3. The lowest BCUT2D eigenvalue weighted by atomic mass is 10.4. The molecule has 0 saturated heterocycles. The molecule has 0 aromatic rings. The van der Waals surface area contributed by atoms with Crippen LogP contribution in [0.4, 0.5) is 0 Å². The predicted molar refractivity (Wildman–Crippen MR) is 53.1 cm³/mol. The van der Waals surface area contributed by atoms with E-state index in [2.05, 4.69) is 22.9 Å². The zero-order chi connectivity index (χ0) is 9.23. The largest absolute Gasteiger partial charge is 0.328 e. The van der Waals surface area contributed by atoms with E-state index in [1.54, 1.807) is 0 Å². The Morgan fingerprint density at radius 1 is 1.25 bits per heavy atom. The van der Waals surface area contributed by atoms with E-state index in [1.807, 2.05) is 7.05 Å². The second-order valence-electron chi connectivity index (χ2n) is 2.76. The van der Waals surface area contributed by atoms with Crippen molar-refractivity contribution in [2.45, 2.75) is 19.5 Å². The molecule has 0 aliphatic heterocycles. The van der Waals surface area contributed by atoms with Crippen molar-refractivity contribution in [1.29, 1.82) is 0 Å². The van der Waals surface area contributed by atoms with E-state index in [0.717, 1.165) is 26.1 Å². The lowest BCUT2D eigenvalue weighted by Crippen LogP contribution is -2.48. The Morgan fingerprint density at radius 2 is 2.00 bits per heavy atom. The van der Waals surface area contributed by atoms with Crippen molar-refractivity contribution in [2.75, 3.05) is 33.2 Å². The maximum absolute atomic E-state index is 5.53. The Bertz CT molecular complexity index is 87.1. The summed E-state index contributed by atoms with van der Waals surface area (Å²) in [6.45, 7) is 5.75. The Labute approximate surface area is 75.3 Å². The summed E-state index contributed by atoms with van der Waals surface area (Å²) in [4.78, 5) is 0. The van der Waals surface area contributed by atoms with Gasteiger partial charge in [-0.1, -0.05) is 6.92 Å². The molecule has 0 aromatic carbocycles. The fourth-order valence-corrected chi connectivity index (χ4v) is 1.03. The molecule has 12 heavy (non-hydrogen) atoms. The molecular formula is C8H22N4. The summed E-state index contributed by atoms with van der Waals surface area (Å²) in [6, 6.07) is 0. The molecule has 0 heterocycles. The van der Waals surface area contributed by atoms with Gasteiger partial charge in [-0.05, 0) is 33.1 Å². The van der Waals surface area contributed by atoms with Crippen molar-refractivity contribution in [3.05, 3.63) is 0 Å². The topological polar surface area (TPSA) is 62.1 Å². The number of rotatable bonds is 8. The molecule has 0 rings (SSSR count). The molecule has 1 atom stereocenters. The van der Waals surface area contributed by atoms with E-state index < -0.39 is 0 Å². The summed E-state index contributed by atoms with van der Waals surface area (Å²) in [5.41, 5.74) is 5.53. The van der Waals surface area contributed by atoms with Crippen molar-refractivity contribution in [1.82, 2.24) is 16.0 Å². The third-order valence-corrected chi connectivity index (χ3v) is 1.68. The van der Waals surface area contributed by atoms with Gasteiger partial charge in [-0.3, -0.25) is 0 Å². The van der Waals surface area contributed by atoms with Crippen molar-refractivity contribution in [3.8, 4) is 0 Å². The molecule has 5 N–H and O–H groups in total. The van der Waals surface area contributed by atoms with Gasteiger partial charge in [-0.2, -0.15) is 0 Å². The predicted octanol–water partition coefficient (Wildman–Crippen LogP) is -0.920. The van der Waals surface area contributed by atoms with Crippen LogP contribution in [-0.4, -0.2) is 39.4 Å². The summed E-state index contributed by atoms with van der Waals surface area (Å²) in [5, 5.41) is 9.68. The average Bonchev–Trinajstić information content (AvgIpc) is 2.10. The highest BCUT2D eigenvalue weighted by atomic mass is 15.1. The van der Waals surface area contributed by atoms with Crippen molar-refractivity contribution in [3.63, 3.8) is 0 Å². The van der Waals surface area contributed by atoms with Crippen LogP contribution in [0, 0.1) is 0 Å². The molecule has 0 bridgehead atoms. The van der Waals surface area contributed by atoms with Gasteiger partial charge in [0.25, 0.3) is 0 Å². The molecule has 0 radical (unpaired) electrons. The van der Waals surface area contributed by atoms with E-state index in [9.17, 15) is 0 Å². The quantitative estimate of drug-likeness (QED) is 0.284. The van der Waals surface area contributed by atoms with Gasteiger partial charge in [0.1, 0.15) is 0 Å². The van der Waals surface area contributed by atoms with Crippen LogP contribution in [0.2, 0.25) is 0 Å².